The van der Waals surface area contributed by atoms with Crippen molar-refractivity contribution in [3.63, 3.8) is 0 Å². The summed E-state index contributed by atoms with van der Waals surface area (Å²) in [5.74, 6) is -0.410. The largest absolute Gasteiger partial charge is 0.504 e. The predicted molar refractivity (Wildman–Crippen MR) is 69.5 cm³/mol. The highest BCUT2D eigenvalue weighted by molar-refractivity contribution is 5.97. The Labute approximate surface area is 112 Å². The summed E-state index contributed by atoms with van der Waals surface area (Å²) in [6, 6.07) is 4.36. The molecule has 1 aromatic rings. The van der Waals surface area contributed by atoms with Crippen molar-refractivity contribution in [2.45, 2.75) is 12.5 Å². The number of phenols is 1. The van der Waals surface area contributed by atoms with Crippen molar-refractivity contribution < 1.29 is 24.5 Å². The van der Waals surface area contributed by atoms with Gasteiger partial charge in [-0.05, 0) is 18.6 Å². The first kappa shape index (κ1) is 15.3. The van der Waals surface area contributed by atoms with Crippen molar-refractivity contribution in [1.82, 2.24) is 5.32 Å². The van der Waals surface area contributed by atoms with Crippen LogP contribution in [0, 0.1) is 0 Å². The molecule has 0 radical (unpaired) electrons. The van der Waals surface area contributed by atoms with E-state index in [0.29, 0.717) is 6.42 Å². The lowest BCUT2D eigenvalue weighted by Gasteiger charge is -2.17. The van der Waals surface area contributed by atoms with Crippen molar-refractivity contribution in [3.05, 3.63) is 23.8 Å². The van der Waals surface area contributed by atoms with E-state index < -0.39 is 5.91 Å². The fourth-order valence-corrected chi connectivity index (χ4v) is 1.69. The molecule has 0 saturated heterocycles. The molecule has 6 heteroatoms. The summed E-state index contributed by atoms with van der Waals surface area (Å²) in [5, 5.41) is 21.5. The molecular weight excluding hydrogens is 250 g/mol. The number of benzene rings is 1. The van der Waals surface area contributed by atoms with Gasteiger partial charge in [0.15, 0.2) is 11.5 Å². The summed E-state index contributed by atoms with van der Waals surface area (Å²) in [6.07, 6.45) is 0.379. The smallest absolute Gasteiger partial charge is 0.255 e. The second-order valence-electron chi connectivity index (χ2n) is 3.99. The standard InChI is InChI=1S/C13H19NO5/c1-18-8-9(6-7-15)14-13(17)10-4-3-5-11(19-2)12(10)16/h3-5,9,15-16H,6-8H2,1-2H3,(H,14,17). The number of aliphatic hydroxyl groups is 1. The Balaban J connectivity index is 2.82. The van der Waals surface area contributed by atoms with Gasteiger partial charge in [0.1, 0.15) is 0 Å². The van der Waals surface area contributed by atoms with E-state index in [2.05, 4.69) is 5.32 Å². The van der Waals surface area contributed by atoms with Gasteiger partial charge in [0.2, 0.25) is 0 Å². The molecule has 0 aliphatic carbocycles. The molecule has 0 aromatic heterocycles. The molecule has 1 amide bonds. The molecule has 0 saturated carbocycles. The van der Waals surface area contributed by atoms with Gasteiger partial charge in [-0.3, -0.25) is 4.79 Å². The van der Waals surface area contributed by atoms with Crippen LogP contribution in [-0.4, -0.2) is 49.6 Å². The van der Waals surface area contributed by atoms with Crippen LogP contribution in [0.2, 0.25) is 0 Å². The number of hydrogen-bond acceptors (Lipinski definition) is 5. The summed E-state index contributed by atoms with van der Waals surface area (Å²) < 4.78 is 9.90. The zero-order valence-electron chi connectivity index (χ0n) is 11.0. The quantitative estimate of drug-likeness (QED) is 0.672. The second-order valence-corrected chi connectivity index (χ2v) is 3.99. The number of methoxy groups -OCH3 is 2. The molecule has 1 rings (SSSR count). The highest BCUT2D eigenvalue weighted by atomic mass is 16.5. The first-order valence-electron chi connectivity index (χ1n) is 5.90. The number of aliphatic hydroxyl groups excluding tert-OH is 1. The zero-order valence-corrected chi connectivity index (χ0v) is 11.0. The van der Waals surface area contributed by atoms with E-state index in [9.17, 15) is 9.90 Å². The molecule has 0 fully saturated rings. The lowest BCUT2D eigenvalue weighted by Crippen LogP contribution is -2.38. The van der Waals surface area contributed by atoms with Crippen LogP contribution in [0.3, 0.4) is 0 Å². The Hall–Kier alpha value is -1.79. The molecule has 0 heterocycles. The van der Waals surface area contributed by atoms with E-state index in [1.54, 1.807) is 12.1 Å². The number of nitrogens with one attached hydrogen (secondary N) is 1. The number of phenolic OH excluding ortho intramolecular Hbond substituents is 1. The number of aromatic hydroxyl groups is 1. The molecule has 0 bridgehead atoms. The van der Waals surface area contributed by atoms with Crippen LogP contribution in [0.1, 0.15) is 16.8 Å². The van der Waals surface area contributed by atoms with Crippen molar-refractivity contribution in [3.8, 4) is 11.5 Å². The third-order valence-corrected chi connectivity index (χ3v) is 2.64. The summed E-state index contributed by atoms with van der Waals surface area (Å²) >= 11 is 0. The van der Waals surface area contributed by atoms with Gasteiger partial charge in [-0.1, -0.05) is 6.07 Å². The number of carbonyl (C=O) groups excluding carboxylic acids is 1. The number of para-hydroxylation sites is 1. The number of rotatable bonds is 7. The van der Waals surface area contributed by atoms with Crippen molar-refractivity contribution >= 4 is 5.91 Å². The summed E-state index contributed by atoms with van der Waals surface area (Å²) in [6.45, 7) is 0.232. The van der Waals surface area contributed by atoms with Gasteiger partial charge >= 0.3 is 0 Å². The van der Waals surface area contributed by atoms with Gasteiger partial charge < -0.3 is 25.0 Å². The van der Waals surface area contributed by atoms with E-state index in [1.807, 2.05) is 0 Å². The number of hydrogen-bond donors (Lipinski definition) is 3. The normalized spacial score (nSPS) is 11.9. The number of carbonyl (C=O) groups is 1. The average Bonchev–Trinajstić information content (AvgIpc) is 2.39. The van der Waals surface area contributed by atoms with E-state index in [4.69, 9.17) is 14.6 Å². The molecule has 6 nitrogen and oxygen atoms in total. The van der Waals surface area contributed by atoms with Crippen LogP contribution >= 0.6 is 0 Å². The average molecular weight is 269 g/mol. The minimum atomic E-state index is -0.438. The molecule has 1 unspecified atom stereocenters. The molecule has 0 spiro atoms. The maximum atomic E-state index is 12.0. The van der Waals surface area contributed by atoms with Crippen molar-refractivity contribution in [2.75, 3.05) is 27.4 Å². The van der Waals surface area contributed by atoms with E-state index in [1.165, 1.54) is 20.3 Å². The third-order valence-electron chi connectivity index (χ3n) is 2.64. The Morgan fingerprint density at radius 2 is 2.16 bits per heavy atom. The molecule has 1 aromatic carbocycles. The minimum Gasteiger partial charge on any atom is -0.504 e. The van der Waals surface area contributed by atoms with E-state index >= 15 is 0 Å². The number of amides is 1. The van der Waals surface area contributed by atoms with Crippen molar-refractivity contribution in [1.29, 1.82) is 0 Å². The Morgan fingerprint density at radius 3 is 2.74 bits per heavy atom. The molecule has 106 valence electrons. The fourth-order valence-electron chi connectivity index (χ4n) is 1.69. The number of ether oxygens (including phenoxy) is 2. The molecule has 1 atom stereocenters. The van der Waals surface area contributed by atoms with Gasteiger partial charge in [0.05, 0.1) is 25.3 Å². The van der Waals surface area contributed by atoms with E-state index in [-0.39, 0.29) is 36.3 Å². The predicted octanol–water partition coefficient (Wildman–Crippen LogP) is 0.528. The summed E-state index contributed by atoms with van der Waals surface area (Å²) in [5.41, 5.74) is 0.124. The first-order chi connectivity index (χ1) is 9.13. The lowest BCUT2D eigenvalue weighted by molar-refractivity contribution is 0.0875. The molecular formula is C13H19NO5. The maximum Gasteiger partial charge on any atom is 0.255 e. The Kier molecular flexibility index (Phi) is 6.11. The topological polar surface area (TPSA) is 88.0 Å². The molecule has 19 heavy (non-hydrogen) atoms. The van der Waals surface area contributed by atoms with Crippen LogP contribution in [0.25, 0.3) is 0 Å². The van der Waals surface area contributed by atoms with Gasteiger partial charge in [0, 0.05) is 13.7 Å². The zero-order chi connectivity index (χ0) is 14.3. The second kappa shape index (κ2) is 7.60. The SMILES string of the molecule is COCC(CCO)NC(=O)c1cccc(OC)c1O. The van der Waals surface area contributed by atoms with Crippen LogP contribution in [0.15, 0.2) is 18.2 Å². The lowest BCUT2D eigenvalue weighted by atomic mass is 10.1. The minimum absolute atomic E-state index is 0.0571. The first-order valence-corrected chi connectivity index (χ1v) is 5.90. The monoisotopic (exact) mass is 269 g/mol. The summed E-state index contributed by atoms with van der Waals surface area (Å²) in [7, 11) is 2.93. The third kappa shape index (κ3) is 4.11. The van der Waals surface area contributed by atoms with Gasteiger partial charge in [-0.15, -0.1) is 0 Å². The van der Waals surface area contributed by atoms with Crippen LogP contribution in [0.5, 0.6) is 11.5 Å². The van der Waals surface area contributed by atoms with Crippen LogP contribution in [-0.2, 0) is 4.74 Å². The van der Waals surface area contributed by atoms with Gasteiger partial charge in [-0.25, -0.2) is 0 Å². The van der Waals surface area contributed by atoms with Crippen molar-refractivity contribution in [2.24, 2.45) is 0 Å². The Morgan fingerprint density at radius 1 is 1.42 bits per heavy atom. The Bertz CT molecular complexity index is 415. The summed E-state index contributed by atoms with van der Waals surface area (Å²) in [4.78, 5) is 12.0. The molecule has 0 aliphatic rings. The molecule has 3 N–H and O–H groups in total. The van der Waals surface area contributed by atoms with E-state index in [0.717, 1.165) is 0 Å². The molecule has 0 aliphatic heterocycles. The van der Waals surface area contributed by atoms with Crippen LogP contribution in [0.4, 0.5) is 0 Å². The fraction of sp³-hybridized carbons (Fsp3) is 0.462. The van der Waals surface area contributed by atoms with Crippen LogP contribution < -0.4 is 10.1 Å². The highest BCUT2D eigenvalue weighted by Gasteiger charge is 2.18. The van der Waals surface area contributed by atoms with Gasteiger partial charge in [-0.2, -0.15) is 0 Å². The maximum absolute atomic E-state index is 12.0. The highest BCUT2D eigenvalue weighted by Crippen LogP contribution is 2.29. The van der Waals surface area contributed by atoms with Gasteiger partial charge in [0.25, 0.3) is 5.91 Å².